The average Bonchev–Trinajstić information content (AvgIpc) is 2.51. The lowest BCUT2D eigenvalue weighted by atomic mass is 10.1. The van der Waals surface area contributed by atoms with E-state index < -0.39 is 0 Å². The first kappa shape index (κ1) is 15.3. The van der Waals surface area contributed by atoms with Crippen LogP contribution in [0, 0.1) is 0 Å². The third kappa shape index (κ3) is 2.83. The van der Waals surface area contributed by atoms with Gasteiger partial charge in [0.1, 0.15) is 0 Å². The maximum absolute atomic E-state index is 12.7. The molecule has 112 valence electrons. The highest BCUT2D eigenvalue weighted by Gasteiger charge is 2.11. The summed E-state index contributed by atoms with van der Waals surface area (Å²) in [6.45, 7) is 6.40. The summed E-state index contributed by atoms with van der Waals surface area (Å²) >= 11 is 4.87. The Labute approximate surface area is 141 Å². The number of nitrogens with zero attached hydrogens (tertiary/aromatic N) is 2. The highest BCUT2D eigenvalue weighted by molar-refractivity contribution is 9.11. The molecule has 1 aromatic heterocycles. The van der Waals surface area contributed by atoms with Crippen LogP contribution in [0.5, 0.6) is 0 Å². The number of hydrogen-bond donors (Lipinski definition) is 0. The number of thioether (sulfide) groups is 1. The molecule has 3 rings (SSSR count). The monoisotopic (exact) mass is 374 g/mol. The number of hydrogen-bond acceptors (Lipinski definition) is 3. The number of rotatable bonds is 4. The molecule has 2 aromatic carbocycles. The van der Waals surface area contributed by atoms with Crippen molar-refractivity contribution in [3.05, 3.63) is 57.8 Å². The predicted octanol–water partition coefficient (Wildman–Crippen LogP) is 4.57. The van der Waals surface area contributed by atoms with Crippen LogP contribution in [0.1, 0.15) is 6.92 Å². The van der Waals surface area contributed by atoms with Crippen molar-refractivity contribution in [2.45, 2.75) is 18.6 Å². The van der Waals surface area contributed by atoms with Gasteiger partial charge in [-0.2, -0.15) is 0 Å². The van der Waals surface area contributed by atoms with Crippen LogP contribution in [0.4, 0.5) is 0 Å². The van der Waals surface area contributed by atoms with E-state index in [1.54, 1.807) is 4.57 Å². The van der Waals surface area contributed by atoms with Crippen LogP contribution in [0.2, 0.25) is 0 Å². The Morgan fingerprint density at radius 2 is 2.00 bits per heavy atom. The van der Waals surface area contributed by atoms with Crippen molar-refractivity contribution in [2.75, 3.05) is 5.75 Å². The summed E-state index contributed by atoms with van der Waals surface area (Å²) in [4.78, 5) is 17.4. The zero-order valence-electron chi connectivity index (χ0n) is 12.2. The largest absolute Gasteiger partial charge is 0.287 e. The van der Waals surface area contributed by atoms with Crippen molar-refractivity contribution >= 4 is 49.4 Å². The van der Waals surface area contributed by atoms with E-state index in [0.717, 1.165) is 25.9 Å². The van der Waals surface area contributed by atoms with E-state index in [9.17, 15) is 4.79 Å². The molecule has 0 fully saturated rings. The van der Waals surface area contributed by atoms with Gasteiger partial charge in [0.15, 0.2) is 5.16 Å². The van der Waals surface area contributed by atoms with Crippen molar-refractivity contribution < 1.29 is 0 Å². The van der Waals surface area contributed by atoms with Gasteiger partial charge in [0.2, 0.25) is 0 Å². The van der Waals surface area contributed by atoms with Gasteiger partial charge in [0.25, 0.3) is 5.56 Å². The molecule has 0 aliphatic heterocycles. The molecule has 0 N–H and O–H groups in total. The highest BCUT2D eigenvalue weighted by Crippen LogP contribution is 2.24. The molecule has 0 unspecified atom stereocenters. The van der Waals surface area contributed by atoms with Gasteiger partial charge in [-0.3, -0.25) is 9.36 Å². The number of aromatic nitrogens is 2. The van der Waals surface area contributed by atoms with Crippen LogP contribution < -0.4 is 5.56 Å². The van der Waals surface area contributed by atoms with E-state index in [1.165, 1.54) is 11.8 Å². The molecule has 0 saturated heterocycles. The molecule has 0 saturated carbocycles. The summed E-state index contributed by atoms with van der Waals surface area (Å²) in [6, 6.07) is 11.9. The minimum Gasteiger partial charge on any atom is -0.287 e. The Morgan fingerprint density at radius 3 is 2.64 bits per heavy atom. The van der Waals surface area contributed by atoms with Crippen LogP contribution in [0.25, 0.3) is 21.7 Å². The summed E-state index contributed by atoms with van der Waals surface area (Å²) < 4.78 is 2.60. The van der Waals surface area contributed by atoms with E-state index in [4.69, 9.17) is 4.98 Å². The maximum Gasteiger partial charge on any atom is 0.262 e. The first-order chi connectivity index (χ1) is 10.6. The lowest BCUT2D eigenvalue weighted by Crippen LogP contribution is -2.22. The third-order valence-corrected chi connectivity index (χ3v) is 5.17. The van der Waals surface area contributed by atoms with Crippen molar-refractivity contribution in [3.63, 3.8) is 0 Å². The number of halogens is 1. The first-order valence-electron chi connectivity index (χ1n) is 6.99. The Kier molecular flexibility index (Phi) is 4.36. The predicted molar refractivity (Wildman–Crippen MR) is 98.0 cm³/mol. The lowest BCUT2D eigenvalue weighted by Gasteiger charge is -2.11. The second-order valence-electron chi connectivity index (χ2n) is 4.97. The molecular formula is C17H15BrN2OS. The molecule has 1 heterocycles. The Balaban J connectivity index is 2.26. The minimum absolute atomic E-state index is 0.0148. The molecule has 0 aliphatic carbocycles. The Morgan fingerprint density at radius 1 is 1.32 bits per heavy atom. The zero-order valence-corrected chi connectivity index (χ0v) is 14.6. The normalized spacial score (nSPS) is 11.2. The maximum atomic E-state index is 12.7. The summed E-state index contributed by atoms with van der Waals surface area (Å²) in [5.41, 5.74) is 0.761. The Bertz CT molecular complexity index is 933. The van der Waals surface area contributed by atoms with Crippen molar-refractivity contribution in [2.24, 2.45) is 0 Å². The molecule has 22 heavy (non-hydrogen) atoms. The summed E-state index contributed by atoms with van der Waals surface area (Å²) in [7, 11) is 0. The molecule has 0 atom stereocenters. The fourth-order valence-electron chi connectivity index (χ4n) is 2.42. The fourth-order valence-corrected chi connectivity index (χ4v) is 3.58. The molecule has 0 bridgehead atoms. The average molecular weight is 375 g/mol. The lowest BCUT2D eigenvalue weighted by molar-refractivity contribution is 0.635. The molecule has 3 aromatic rings. The summed E-state index contributed by atoms with van der Waals surface area (Å²) in [5.74, 6) is 0.686. The van der Waals surface area contributed by atoms with Crippen LogP contribution in [0.3, 0.4) is 0 Å². The van der Waals surface area contributed by atoms with Crippen molar-refractivity contribution in [3.8, 4) is 0 Å². The topological polar surface area (TPSA) is 34.9 Å². The third-order valence-electron chi connectivity index (χ3n) is 3.46. The van der Waals surface area contributed by atoms with Gasteiger partial charge in [-0.05, 0) is 34.3 Å². The van der Waals surface area contributed by atoms with E-state index in [-0.39, 0.29) is 5.56 Å². The van der Waals surface area contributed by atoms with E-state index in [2.05, 4.69) is 22.5 Å². The van der Waals surface area contributed by atoms with E-state index in [1.807, 2.05) is 43.3 Å². The molecule has 0 radical (unpaired) electrons. The van der Waals surface area contributed by atoms with Gasteiger partial charge in [-0.15, -0.1) is 0 Å². The van der Waals surface area contributed by atoms with Crippen LogP contribution >= 0.6 is 27.7 Å². The Hall–Kier alpha value is -1.59. The summed E-state index contributed by atoms with van der Waals surface area (Å²) in [5, 5.41) is 3.56. The minimum atomic E-state index is 0.0148. The van der Waals surface area contributed by atoms with Gasteiger partial charge in [0, 0.05) is 12.3 Å². The van der Waals surface area contributed by atoms with Gasteiger partial charge >= 0.3 is 0 Å². The molecule has 0 spiro atoms. The summed E-state index contributed by atoms with van der Waals surface area (Å²) in [6.07, 6.45) is 0. The highest BCUT2D eigenvalue weighted by atomic mass is 79.9. The zero-order chi connectivity index (χ0) is 15.7. The molecule has 0 aliphatic rings. The van der Waals surface area contributed by atoms with Crippen LogP contribution in [-0.4, -0.2) is 15.3 Å². The van der Waals surface area contributed by atoms with Crippen LogP contribution in [-0.2, 0) is 6.54 Å². The second kappa shape index (κ2) is 6.26. The van der Waals surface area contributed by atoms with Crippen LogP contribution in [0.15, 0.2) is 57.4 Å². The smallest absolute Gasteiger partial charge is 0.262 e. The van der Waals surface area contributed by atoms with E-state index >= 15 is 0 Å². The SMILES string of the molecule is C=C(Br)CSc1nc2cc3ccccc3cc2c(=O)n1CC. The second-order valence-corrected chi connectivity index (χ2v) is 7.03. The van der Waals surface area contributed by atoms with Crippen molar-refractivity contribution in [1.29, 1.82) is 0 Å². The van der Waals surface area contributed by atoms with Gasteiger partial charge in [-0.1, -0.05) is 58.5 Å². The molecule has 5 heteroatoms. The number of benzene rings is 2. The quantitative estimate of drug-likeness (QED) is 0.381. The first-order valence-corrected chi connectivity index (χ1v) is 8.77. The molecular weight excluding hydrogens is 360 g/mol. The van der Waals surface area contributed by atoms with E-state index in [0.29, 0.717) is 17.7 Å². The molecule has 0 amide bonds. The molecule has 3 nitrogen and oxygen atoms in total. The van der Waals surface area contributed by atoms with Crippen molar-refractivity contribution in [1.82, 2.24) is 9.55 Å². The van der Waals surface area contributed by atoms with Gasteiger partial charge < -0.3 is 0 Å². The number of fused-ring (bicyclic) bond motifs is 2. The fraction of sp³-hybridized carbons (Fsp3) is 0.176. The van der Waals surface area contributed by atoms with Gasteiger partial charge in [-0.25, -0.2) is 4.98 Å². The van der Waals surface area contributed by atoms with Gasteiger partial charge in [0.05, 0.1) is 10.9 Å². The standard InChI is InChI=1S/C17H15BrN2OS/c1-3-20-16(21)14-8-12-6-4-5-7-13(12)9-15(14)19-17(20)22-10-11(2)18/h4-9H,2-3,10H2,1H3.